The van der Waals surface area contributed by atoms with Gasteiger partial charge in [0.05, 0.1) is 16.7 Å². The molecular formula is C58H38N2O. The monoisotopic (exact) mass is 778 g/mol. The van der Waals surface area contributed by atoms with Crippen LogP contribution in [0.2, 0.25) is 0 Å². The first-order valence-electron chi connectivity index (χ1n) is 20.8. The average molecular weight is 779 g/mol. The first kappa shape index (κ1) is 34.9. The second-order valence-corrected chi connectivity index (χ2v) is 15.7. The third-order valence-corrected chi connectivity index (χ3v) is 12.2. The molecule has 12 rings (SSSR count). The summed E-state index contributed by atoms with van der Waals surface area (Å²) in [5.41, 5.74) is 15.7. The number of rotatable bonds is 7. The van der Waals surface area contributed by atoms with Crippen LogP contribution in [0.4, 0.5) is 17.1 Å². The van der Waals surface area contributed by atoms with Crippen LogP contribution in [0.25, 0.3) is 93.6 Å². The van der Waals surface area contributed by atoms with Crippen LogP contribution in [0.5, 0.6) is 0 Å². The number of furan rings is 1. The van der Waals surface area contributed by atoms with E-state index < -0.39 is 0 Å². The fourth-order valence-electron chi connectivity index (χ4n) is 9.25. The van der Waals surface area contributed by atoms with E-state index in [0.29, 0.717) is 0 Å². The van der Waals surface area contributed by atoms with Gasteiger partial charge in [-0.3, -0.25) is 0 Å². The van der Waals surface area contributed by atoms with Crippen LogP contribution in [0.15, 0.2) is 235 Å². The highest BCUT2D eigenvalue weighted by atomic mass is 16.3. The highest BCUT2D eigenvalue weighted by Crippen LogP contribution is 2.41. The number of hydrogen-bond acceptors (Lipinski definition) is 2. The molecule has 0 saturated carbocycles. The molecule has 0 aliphatic heterocycles. The van der Waals surface area contributed by atoms with Gasteiger partial charge in [-0.2, -0.15) is 0 Å². The van der Waals surface area contributed by atoms with Crippen LogP contribution in [0, 0.1) is 0 Å². The lowest BCUT2D eigenvalue weighted by Gasteiger charge is -2.27. The van der Waals surface area contributed by atoms with E-state index in [9.17, 15) is 0 Å². The van der Waals surface area contributed by atoms with Crippen LogP contribution < -0.4 is 4.90 Å². The minimum absolute atomic E-state index is 0.905. The molecule has 2 aromatic heterocycles. The summed E-state index contributed by atoms with van der Waals surface area (Å²) >= 11 is 0. The van der Waals surface area contributed by atoms with Crippen molar-refractivity contribution >= 4 is 71.6 Å². The minimum atomic E-state index is 0.905. The SMILES string of the molecule is c1cc(-c2ccc(N(c3ccc(-c4cccc(-n5c6ccccc6c6ccccc65)c4)cc3)c3cccc4ccccc34)cc2)cc(-c2ccc3c(c2)oc2ccccc23)c1. The first-order valence-corrected chi connectivity index (χ1v) is 20.8. The van der Waals surface area contributed by atoms with Crippen LogP contribution >= 0.6 is 0 Å². The van der Waals surface area contributed by atoms with Gasteiger partial charge in [0.15, 0.2) is 0 Å². The van der Waals surface area contributed by atoms with Gasteiger partial charge in [-0.25, -0.2) is 0 Å². The number of aromatic nitrogens is 1. The highest BCUT2D eigenvalue weighted by Gasteiger charge is 2.17. The molecule has 0 amide bonds. The second-order valence-electron chi connectivity index (χ2n) is 15.7. The maximum atomic E-state index is 6.23. The topological polar surface area (TPSA) is 21.3 Å². The summed E-state index contributed by atoms with van der Waals surface area (Å²) in [6.45, 7) is 0. The molecule has 0 radical (unpaired) electrons. The second kappa shape index (κ2) is 14.3. The van der Waals surface area contributed by atoms with Crippen molar-refractivity contribution in [2.24, 2.45) is 0 Å². The zero-order valence-electron chi connectivity index (χ0n) is 33.2. The van der Waals surface area contributed by atoms with Crippen molar-refractivity contribution in [1.82, 2.24) is 4.57 Å². The lowest BCUT2D eigenvalue weighted by Crippen LogP contribution is -2.10. The summed E-state index contributed by atoms with van der Waals surface area (Å²) in [7, 11) is 0. The molecule has 0 spiro atoms. The van der Waals surface area contributed by atoms with E-state index >= 15 is 0 Å². The van der Waals surface area contributed by atoms with E-state index in [1.54, 1.807) is 0 Å². The van der Waals surface area contributed by atoms with Crippen LogP contribution in [-0.2, 0) is 0 Å². The van der Waals surface area contributed by atoms with Crippen LogP contribution in [0.3, 0.4) is 0 Å². The number of fused-ring (bicyclic) bond motifs is 7. The summed E-state index contributed by atoms with van der Waals surface area (Å²) in [6, 6.07) is 83.0. The quantitative estimate of drug-likeness (QED) is 0.161. The Morgan fingerprint density at radius 2 is 0.803 bits per heavy atom. The molecule has 286 valence electrons. The first-order chi connectivity index (χ1) is 30.2. The van der Waals surface area contributed by atoms with Gasteiger partial charge in [0, 0.05) is 44.0 Å². The lowest BCUT2D eigenvalue weighted by molar-refractivity contribution is 0.669. The number of nitrogens with zero attached hydrogens (tertiary/aromatic N) is 2. The van der Waals surface area contributed by atoms with E-state index in [1.807, 2.05) is 12.1 Å². The number of para-hydroxylation sites is 3. The van der Waals surface area contributed by atoms with Crippen molar-refractivity contribution in [1.29, 1.82) is 0 Å². The zero-order valence-corrected chi connectivity index (χ0v) is 33.2. The number of benzene rings is 10. The molecule has 3 nitrogen and oxygen atoms in total. The van der Waals surface area contributed by atoms with Gasteiger partial charge in [-0.05, 0) is 118 Å². The maximum absolute atomic E-state index is 6.23. The van der Waals surface area contributed by atoms with Gasteiger partial charge in [-0.15, -0.1) is 0 Å². The minimum Gasteiger partial charge on any atom is -0.456 e. The third-order valence-electron chi connectivity index (χ3n) is 12.2. The molecule has 0 aliphatic rings. The highest BCUT2D eigenvalue weighted by molar-refractivity contribution is 6.09. The number of hydrogen-bond donors (Lipinski definition) is 0. The van der Waals surface area contributed by atoms with E-state index in [1.165, 1.54) is 43.7 Å². The van der Waals surface area contributed by atoms with Gasteiger partial charge in [0.1, 0.15) is 11.2 Å². The molecule has 0 atom stereocenters. The van der Waals surface area contributed by atoms with Gasteiger partial charge in [-0.1, -0.05) is 152 Å². The predicted molar refractivity (Wildman–Crippen MR) is 257 cm³/mol. The van der Waals surface area contributed by atoms with Gasteiger partial charge in [0.25, 0.3) is 0 Å². The third kappa shape index (κ3) is 5.98. The fourth-order valence-corrected chi connectivity index (χ4v) is 9.25. The fraction of sp³-hybridized carbons (Fsp3) is 0. The van der Waals surface area contributed by atoms with Crippen molar-refractivity contribution in [2.75, 3.05) is 4.90 Å². The Kier molecular flexibility index (Phi) is 8.17. The molecule has 0 bridgehead atoms. The number of anilines is 3. The Bertz CT molecular complexity index is 3530. The molecule has 0 fully saturated rings. The van der Waals surface area contributed by atoms with E-state index in [-0.39, 0.29) is 0 Å². The standard InChI is InChI=1S/C58H38N2O/c1-2-18-49-41(12-1)13-11-24-54(49)59(46-31-26-39(27-32-46)42-14-9-15-43(36-42)45-30-35-53-52-21-5-8-25-57(52)61-58(53)38-45)47-33-28-40(29-34-47)44-16-10-17-48(37-44)60-55-22-6-3-19-50(55)51-20-4-7-23-56(51)60/h1-38H. The van der Waals surface area contributed by atoms with Gasteiger partial charge < -0.3 is 13.9 Å². The van der Waals surface area contributed by atoms with Gasteiger partial charge in [0.2, 0.25) is 0 Å². The molecule has 2 heterocycles. The largest absolute Gasteiger partial charge is 0.456 e. The van der Waals surface area contributed by atoms with Crippen molar-refractivity contribution in [3.63, 3.8) is 0 Å². The predicted octanol–water partition coefficient (Wildman–Crippen LogP) is 16.3. The smallest absolute Gasteiger partial charge is 0.136 e. The summed E-state index contributed by atoms with van der Waals surface area (Å²) in [5, 5.41) is 7.22. The Morgan fingerprint density at radius 1 is 0.311 bits per heavy atom. The average Bonchev–Trinajstić information content (AvgIpc) is 3.88. The van der Waals surface area contributed by atoms with E-state index in [2.05, 4.69) is 228 Å². The van der Waals surface area contributed by atoms with Crippen molar-refractivity contribution in [2.45, 2.75) is 0 Å². The van der Waals surface area contributed by atoms with Crippen LogP contribution in [-0.4, -0.2) is 4.57 Å². The molecule has 0 aliphatic carbocycles. The van der Waals surface area contributed by atoms with Crippen LogP contribution in [0.1, 0.15) is 0 Å². The van der Waals surface area contributed by atoms with E-state index in [0.717, 1.165) is 66.9 Å². The molecule has 12 aromatic rings. The molecule has 0 unspecified atom stereocenters. The molecule has 0 N–H and O–H groups in total. The van der Waals surface area contributed by atoms with Crippen molar-refractivity contribution in [3.8, 4) is 39.1 Å². The van der Waals surface area contributed by atoms with Crippen molar-refractivity contribution in [3.05, 3.63) is 231 Å². The Morgan fingerprint density at radius 3 is 1.51 bits per heavy atom. The van der Waals surface area contributed by atoms with Gasteiger partial charge >= 0.3 is 0 Å². The molecule has 10 aromatic carbocycles. The molecule has 61 heavy (non-hydrogen) atoms. The van der Waals surface area contributed by atoms with E-state index in [4.69, 9.17) is 4.42 Å². The van der Waals surface area contributed by atoms with Crippen molar-refractivity contribution < 1.29 is 4.42 Å². The lowest BCUT2D eigenvalue weighted by atomic mass is 9.98. The zero-order chi connectivity index (χ0) is 40.3. The summed E-state index contributed by atoms with van der Waals surface area (Å²) in [6.07, 6.45) is 0. The molecule has 3 heteroatoms. The summed E-state index contributed by atoms with van der Waals surface area (Å²) < 4.78 is 8.61. The summed E-state index contributed by atoms with van der Waals surface area (Å²) in [5.74, 6) is 0. The Labute approximate surface area is 353 Å². The normalized spacial score (nSPS) is 11.6. The Hall–Kier alpha value is -8.14. The molecule has 0 saturated heterocycles. The maximum Gasteiger partial charge on any atom is 0.136 e. The Balaban J connectivity index is 0.900. The molecular weight excluding hydrogens is 741 g/mol. The summed E-state index contributed by atoms with van der Waals surface area (Å²) in [4.78, 5) is 2.38.